The van der Waals surface area contributed by atoms with Crippen LogP contribution in [-0.4, -0.2) is 25.5 Å². The normalized spacial score (nSPS) is 13.0. The highest BCUT2D eigenvalue weighted by atomic mass is 19.3. The summed E-state index contributed by atoms with van der Waals surface area (Å²) in [5.74, 6) is -0.336. The third-order valence-corrected chi connectivity index (χ3v) is 3.39. The summed E-state index contributed by atoms with van der Waals surface area (Å²) >= 11 is 0. The number of hydrogen-bond donors (Lipinski definition) is 1. The summed E-state index contributed by atoms with van der Waals surface area (Å²) in [6.07, 6.45) is -4.68. The minimum absolute atomic E-state index is 0.0639. The van der Waals surface area contributed by atoms with E-state index in [1.54, 1.807) is 0 Å². The van der Waals surface area contributed by atoms with Crippen LogP contribution in [0.15, 0.2) is 14.4 Å². The van der Waals surface area contributed by atoms with E-state index in [4.69, 9.17) is 0 Å². The molecular weight excluding hydrogens is 317 g/mol. The first kappa shape index (κ1) is 17.0. The van der Waals surface area contributed by atoms with E-state index in [1.165, 1.54) is 7.05 Å². The molecular formula is C13H15F3N4O3. The molecule has 1 N–H and O–H groups in total. The first-order valence-corrected chi connectivity index (χ1v) is 6.90. The van der Waals surface area contributed by atoms with Crippen LogP contribution in [0.5, 0.6) is 0 Å². The Bertz CT molecular complexity index is 898. The fraction of sp³-hybridized carbons (Fsp3) is 0.538. The predicted octanol–water partition coefficient (Wildman–Crippen LogP) is 0.859. The first-order valence-electron chi connectivity index (χ1n) is 6.90. The molecule has 0 saturated heterocycles. The Balaban J connectivity index is 2.74. The van der Waals surface area contributed by atoms with Gasteiger partial charge in [-0.15, -0.1) is 0 Å². The van der Waals surface area contributed by atoms with Crippen LogP contribution >= 0.6 is 0 Å². The molecule has 0 aliphatic carbocycles. The van der Waals surface area contributed by atoms with E-state index in [2.05, 4.69) is 9.97 Å². The lowest BCUT2D eigenvalue weighted by Gasteiger charge is -2.12. The molecule has 0 saturated carbocycles. The minimum atomic E-state index is -2.54. The van der Waals surface area contributed by atoms with Gasteiger partial charge in [-0.05, 0) is 13.3 Å². The maximum absolute atomic E-state index is 13.4. The summed E-state index contributed by atoms with van der Waals surface area (Å²) in [5.41, 5.74) is -3.22. The molecule has 0 aliphatic heterocycles. The summed E-state index contributed by atoms with van der Waals surface area (Å²) in [4.78, 5) is 42.3. The standard InChI is InChI=1S/C13H15F3N4O3/c1-6(14)10-17-8-9(11(21)18-10)20(5-3-4-7(15)16)13(23)19(2)12(8)22/h6-7H,3-5H2,1-2H3,(H,17,18,21). The molecule has 2 aromatic rings. The van der Waals surface area contributed by atoms with E-state index in [0.29, 0.717) is 4.57 Å². The van der Waals surface area contributed by atoms with Crippen molar-refractivity contribution in [1.29, 1.82) is 0 Å². The van der Waals surface area contributed by atoms with Crippen LogP contribution in [0.1, 0.15) is 31.8 Å². The van der Waals surface area contributed by atoms with Crippen LogP contribution in [0.4, 0.5) is 13.2 Å². The molecule has 0 spiro atoms. The van der Waals surface area contributed by atoms with Gasteiger partial charge in [0.15, 0.2) is 11.7 Å². The van der Waals surface area contributed by atoms with Crippen LogP contribution in [-0.2, 0) is 13.6 Å². The van der Waals surface area contributed by atoms with Crippen molar-refractivity contribution in [2.75, 3.05) is 0 Å². The highest BCUT2D eigenvalue weighted by Gasteiger charge is 2.18. The van der Waals surface area contributed by atoms with Gasteiger partial charge in [-0.3, -0.25) is 18.7 Å². The highest BCUT2D eigenvalue weighted by Crippen LogP contribution is 2.11. The third kappa shape index (κ3) is 3.20. The number of aryl methyl sites for hydroxylation is 1. The average Bonchev–Trinajstić information content (AvgIpc) is 2.47. The van der Waals surface area contributed by atoms with Gasteiger partial charge < -0.3 is 4.98 Å². The molecule has 23 heavy (non-hydrogen) atoms. The van der Waals surface area contributed by atoms with E-state index < -0.39 is 35.8 Å². The third-order valence-electron chi connectivity index (χ3n) is 3.39. The van der Waals surface area contributed by atoms with Gasteiger partial charge >= 0.3 is 5.69 Å². The van der Waals surface area contributed by atoms with Crippen molar-refractivity contribution in [3.63, 3.8) is 0 Å². The van der Waals surface area contributed by atoms with Crippen LogP contribution in [0.25, 0.3) is 11.0 Å². The molecule has 126 valence electrons. The van der Waals surface area contributed by atoms with Gasteiger partial charge in [-0.2, -0.15) is 0 Å². The molecule has 10 heteroatoms. The van der Waals surface area contributed by atoms with E-state index >= 15 is 0 Å². The van der Waals surface area contributed by atoms with Crippen molar-refractivity contribution in [3.05, 3.63) is 37.0 Å². The largest absolute Gasteiger partial charge is 0.331 e. The molecule has 0 bridgehead atoms. The van der Waals surface area contributed by atoms with Crippen molar-refractivity contribution < 1.29 is 13.2 Å². The Kier molecular flexibility index (Phi) is 4.71. The van der Waals surface area contributed by atoms with E-state index in [1.807, 2.05) is 0 Å². The van der Waals surface area contributed by atoms with Crippen LogP contribution in [0, 0.1) is 0 Å². The smallest absolute Gasteiger partial charge is 0.306 e. The van der Waals surface area contributed by atoms with E-state index in [9.17, 15) is 27.6 Å². The van der Waals surface area contributed by atoms with Gasteiger partial charge in [0.25, 0.3) is 11.1 Å². The quantitative estimate of drug-likeness (QED) is 0.879. The zero-order valence-electron chi connectivity index (χ0n) is 12.5. The Labute approximate surface area is 127 Å². The van der Waals surface area contributed by atoms with Crippen LogP contribution in [0.3, 0.4) is 0 Å². The predicted molar refractivity (Wildman–Crippen MR) is 76.6 cm³/mol. The van der Waals surface area contributed by atoms with Crippen LogP contribution < -0.4 is 16.8 Å². The fourth-order valence-electron chi connectivity index (χ4n) is 2.21. The Hall–Kier alpha value is -2.39. The number of fused-ring (bicyclic) bond motifs is 1. The molecule has 0 aliphatic rings. The summed E-state index contributed by atoms with van der Waals surface area (Å²) in [5, 5.41) is 0. The first-order chi connectivity index (χ1) is 10.7. The van der Waals surface area contributed by atoms with Gasteiger partial charge in [-0.25, -0.2) is 22.9 Å². The second-order valence-corrected chi connectivity index (χ2v) is 5.10. The van der Waals surface area contributed by atoms with Gasteiger partial charge in [0.05, 0.1) is 0 Å². The van der Waals surface area contributed by atoms with E-state index in [-0.39, 0.29) is 29.8 Å². The summed E-state index contributed by atoms with van der Waals surface area (Å²) in [6, 6.07) is 0. The Morgan fingerprint density at radius 3 is 2.43 bits per heavy atom. The van der Waals surface area contributed by atoms with Gasteiger partial charge in [0.2, 0.25) is 6.43 Å². The zero-order chi connectivity index (χ0) is 17.3. The molecule has 2 heterocycles. The molecule has 1 atom stereocenters. The summed E-state index contributed by atoms with van der Waals surface area (Å²) in [7, 11) is 1.18. The second kappa shape index (κ2) is 6.39. The van der Waals surface area contributed by atoms with Crippen molar-refractivity contribution in [3.8, 4) is 0 Å². The summed E-state index contributed by atoms with van der Waals surface area (Å²) < 4.78 is 39.5. The van der Waals surface area contributed by atoms with Gasteiger partial charge in [-0.1, -0.05) is 0 Å². The number of nitrogens with zero attached hydrogens (tertiary/aromatic N) is 3. The molecule has 1 unspecified atom stereocenters. The fourth-order valence-corrected chi connectivity index (χ4v) is 2.21. The molecule has 0 radical (unpaired) electrons. The molecule has 0 aromatic carbocycles. The van der Waals surface area contributed by atoms with Crippen molar-refractivity contribution in [2.24, 2.45) is 7.05 Å². The lowest BCUT2D eigenvalue weighted by molar-refractivity contribution is 0.133. The number of halogens is 3. The molecule has 2 rings (SSSR count). The SMILES string of the molecule is CC(F)c1nc2c(=O)n(C)c(=O)n(CCCC(F)F)c2c(=O)[nH]1. The van der Waals surface area contributed by atoms with Crippen molar-refractivity contribution in [1.82, 2.24) is 19.1 Å². The highest BCUT2D eigenvalue weighted by molar-refractivity contribution is 5.72. The number of hydrogen-bond acceptors (Lipinski definition) is 4. The van der Waals surface area contributed by atoms with E-state index in [0.717, 1.165) is 11.5 Å². The average molecular weight is 332 g/mol. The number of nitrogens with one attached hydrogen (secondary N) is 1. The number of rotatable bonds is 5. The number of aromatic nitrogens is 4. The lowest BCUT2D eigenvalue weighted by atomic mass is 10.3. The number of alkyl halides is 3. The van der Waals surface area contributed by atoms with Crippen molar-refractivity contribution >= 4 is 11.0 Å². The molecule has 0 amide bonds. The monoisotopic (exact) mass is 332 g/mol. The molecule has 7 nitrogen and oxygen atoms in total. The maximum atomic E-state index is 13.4. The summed E-state index contributed by atoms with van der Waals surface area (Å²) in [6.45, 7) is 0.955. The lowest BCUT2D eigenvalue weighted by Crippen LogP contribution is -2.41. The Morgan fingerprint density at radius 2 is 1.87 bits per heavy atom. The number of aromatic amines is 1. The van der Waals surface area contributed by atoms with Gasteiger partial charge in [0.1, 0.15) is 11.3 Å². The van der Waals surface area contributed by atoms with Gasteiger partial charge in [0, 0.05) is 20.0 Å². The maximum Gasteiger partial charge on any atom is 0.331 e. The Morgan fingerprint density at radius 1 is 1.22 bits per heavy atom. The molecule has 2 aromatic heterocycles. The second-order valence-electron chi connectivity index (χ2n) is 5.10. The number of H-pyrrole nitrogens is 1. The molecule has 0 fully saturated rings. The van der Waals surface area contributed by atoms with Crippen LogP contribution in [0.2, 0.25) is 0 Å². The zero-order valence-corrected chi connectivity index (χ0v) is 12.5. The topological polar surface area (TPSA) is 89.8 Å². The van der Waals surface area contributed by atoms with Crippen molar-refractivity contribution in [2.45, 2.75) is 38.9 Å². The minimum Gasteiger partial charge on any atom is -0.306 e.